The number of halogens is 1. The average molecular weight is 388 g/mol. The van der Waals surface area contributed by atoms with Gasteiger partial charge in [0.05, 0.1) is 17.4 Å². The second-order valence-corrected chi connectivity index (χ2v) is 7.17. The minimum Gasteiger partial charge on any atom is -0.452 e. The molecular weight excluding hydrogens is 371 g/mol. The van der Waals surface area contributed by atoms with Gasteiger partial charge in [-0.25, -0.2) is 4.39 Å². The van der Waals surface area contributed by atoms with Crippen molar-refractivity contribution in [2.75, 3.05) is 10.6 Å². The van der Waals surface area contributed by atoms with Crippen LogP contribution in [0.1, 0.15) is 13.3 Å². The molecule has 2 amide bonds. The molecule has 3 rings (SSSR count). The zero-order valence-corrected chi connectivity index (χ0v) is 15.2. The third kappa shape index (κ3) is 4.85. The van der Waals surface area contributed by atoms with E-state index >= 15 is 0 Å². The third-order valence-electron chi connectivity index (χ3n) is 3.83. The van der Waals surface area contributed by atoms with E-state index < -0.39 is 29.0 Å². The van der Waals surface area contributed by atoms with Gasteiger partial charge in [-0.1, -0.05) is 18.2 Å². The molecule has 1 aliphatic rings. The number of rotatable bonds is 5. The van der Waals surface area contributed by atoms with Crippen molar-refractivity contribution in [1.29, 1.82) is 0 Å². The predicted molar refractivity (Wildman–Crippen MR) is 99.9 cm³/mol. The van der Waals surface area contributed by atoms with Crippen LogP contribution in [0.5, 0.6) is 0 Å². The minimum absolute atomic E-state index is 0.164. The first-order valence-corrected chi connectivity index (χ1v) is 9.13. The predicted octanol–water partition coefficient (Wildman–Crippen LogP) is 3.20. The first-order valence-electron chi connectivity index (χ1n) is 8.25. The zero-order valence-electron chi connectivity index (χ0n) is 14.4. The quantitative estimate of drug-likeness (QED) is 0.769. The molecule has 0 spiro atoms. The summed E-state index contributed by atoms with van der Waals surface area (Å²) >= 11 is 1.28. The summed E-state index contributed by atoms with van der Waals surface area (Å²) in [7, 11) is 0. The maximum absolute atomic E-state index is 13.2. The fourth-order valence-corrected chi connectivity index (χ4v) is 3.58. The largest absolute Gasteiger partial charge is 0.452 e. The number of thioether (sulfide) groups is 1. The van der Waals surface area contributed by atoms with Gasteiger partial charge in [-0.15, -0.1) is 11.8 Å². The molecule has 2 aromatic rings. The highest BCUT2D eigenvalue weighted by Gasteiger charge is 2.30. The van der Waals surface area contributed by atoms with Crippen LogP contribution in [0, 0.1) is 5.82 Å². The standard InChI is InChI=1S/C19H17FN2O4S/c1-11(18(24)21-13-6-4-5-12(20)9-13)26-17(23)10-16-19(25)22-14-7-2-3-8-15(14)27-16/h2-9,11,16H,10H2,1H3,(H,21,24)(H,22,25). The van der Waals surface area contributed by atoms with Crippen LogP contribution in [0.25, 0.3) is 0 Å². The minimum atomic E-state index is -1.08. The topological polar surface area (TPSA) is 84.5 Å². The van der Waals surface area contributed by atoms with Crippen LogP contribution in [0.15, 0.2) is 53.4 Å². The molecule has 0 radical (unpaired) electrons. The van der Waals surface area contributed by atoms with E-state index in [2.05, 4.69) is 10.6 Å². The lowest BCUT2D eigenvalue weighted by molar-refractivity contribution is -0.153. The van der Waals surface area contributed by atoms with E-state index in [1.165, 1.54) is 36.9 Å². The van der Waals surface area contributed by atoms with Gasteiger partial charge in [0.25, 0.3) is 5.91 Å². The highest BCUT2D eigenvalue weighted by molar-refractivity contribution is 8.01. The highest BCUT2D eigenvalue weighted by Crippen LogP contribution is 2.36. The second-order valence-electron chi connectivity index (χ2n) is 5.93. The van der Waals surface area contributed by atoms with E-state index in [0.717, 1.165) is 11.0 Å². The Morgan fingerprint density at radius 2 is 2.04 bits per heavy atom. The van der Waals surface area contributed by atoms with Crippen molar-refractivity contribution in [2.24, 2.45) is 0 Å². The molecule has 2 unspecified atom stereocenters. The Morgan fingerprint density at radius 3 is 2.81 bits per heavy atom. The Balaban J connectivity index is 1.54. The maximum Gasteiger partial charge on any atom is 0.308 e. The van der Waals surface area contributed by atoms with E-state index in [-0.39, 0.29) is 18.0 Å². The van der Waals surface area contributed by atoms with E-state index in [9.17, 15) is 18.8 Å². The van der Waals surface area contributed by atoms with Gasteiger partial charge in [0, 0.05) is 10.6 Å². The summed E-state index contributed by atoms with van der Waals surface area (Å²) in [6, 6.07) is 12.7. The Bertz CT molecular complexity index is 890. The fourth-order valence-electron chi connectivity index (χ4n) is 2.49. The van der Waals surface area contributed by atoms with Crippen molar-refractivity contribution in [2.45, 2.75) is 29.6 Å². The SMILES string of the molecule is CC(OC(=O)CC1Sc2ccccc2NC1=O)C(=O)Nc1cccc(F)c1. The van der Waals surface area contributed by atoms with Gasteiger partial charge in [0.1, 0.15) is 5.82 Å². The highest BCUT2D eigenvalue weighted by atomic mass is 32.2. The summed E-state index contributed by atoms with van der Waals surface area (Å²) in [5.74, 6) is -2.02. The summed E-state index contributed by atoms with van der Waals surface area (Å²) in [4.78, 5) is 37.2. The molecular formula is C19H17FN2O4S. The van der Waals surface area contributed by atoms with Crippen molar-refractivity contribution >= 4 is 40.9 Å². The number of carbonyl (C=O) groups is 3. The van der Waals surface area contributed by atoms with Crippen molar-refractivity contribution in [3.63, 3.8) is 0 Å². The molecule has 0 aromatic heterocycles. The van der Waals surface area contributed by atoms with Gasteiger partial charge in [0.2, 0.25) is 5.91 Å². The summed E-state index contributed by atoms with van der Waals surface area (Å²) in [6.45, 7) is 1.41. The Kier molecular flexibility index (Phi) is 5.75. The molecule has 6 nitrogen and oxygen atoms in total. The second kappa shape index (κ2) is 8.22. The van der Waals surface area contributed by atoms with Crippen molar-refractivity contribution in [3.8, 4) is 0 Å². The Labute approximate surface area is 159 Å². The number of amides is 2. The van der Waals surface area contributed by atoms with Crippen LogP contribution >= 0.6 is 11.8 Å². The molecule has 0 saturated heterocycles. The number of ether oxygens (including phenoxy) is 1. The lowest BCUT2D eigenvalue weighted by Crippen LogP contribution is -2.34. The molecule has 27 heavy (non-hydrogen) atoms. The number of para-hydroxylation sites is 1. The Hall–Kier alpha value is -2.87. The van der Waals surface area contributed by atoms with E-state index in [1.807, 2.05) is 18.2 Å². The van der Waals surface area contributed by atoms with Crippen molar-refractivity contribution in [3.05, 3.63) is 54.3 Å². The summed E-state index contributed by atoms with van der Waals surface area (Å²) in [5, 5.41) is 4.59. The first kappa shape index (κ1) is 18.9. The fraction of sp³-hybridized carbons (Fsp3) is 0.211. The molecule has 2 aromatic carbocycles. The molecule has 0 aliphatic carbocycles. The molecule has 0 bridgehead atoms. The lowest BCUT2D eigenvalue weighted by atomic mass is 10.2. The van der Waals surface area contributed by atoms with Gasteiger partial charge in [-0.3, -0.25) is 14.4 Å². The summed E-state index contributed by atoms with van der Waals surface area (Å²) < 4.78 is 18.3. The van der Waals surface area contributed by atoms with Gasteiger partial charge < -0.3 is 15.4 Å². The number of hydrogen-bond donors (Lipinski definition) is 2. The first-order chi connectivity index (χ1) is 12.9. The van der Waals surface area contributed by atoms with E-state index in [1.54, 1.807) is 6.07 Å². The van der Waals surface area contributed by atoms with Crippen LogP contribution in [-0.4, -0.2) is 29.1 Å². The summed E-state index contributed by atoms with van der Waals surface area (Å²) in [6.07, 6.45) is -1.24. The van der Waals surface area contributed by atoms with Crippen LogP contribution in [0.2, 0.25) is 0 Å². The summed E-state index contributed by atoms with van der Waals surface area (Å²) in [5.41, 5.74) is 0.974. The van der Waals surface area contributed by atoms with Crippen molar-refractivity contribution < 1.29 is 23.5 Å². The number of fused-ring (bicyclic) bond motifs is 1. The normalized spacial score (nSPS) is 16.7. The van der Waals surface area contributed by atoms with Crippen LogP contribution in [-0.2, 0) is 19.1 Å². The molecule has 2 N–H and O–H groups in total. The van der Waals surface area contributed by atoms with Gasteiger partial charge in [-0.05, 0) is 37.3 Å². The van der Waals surface area contributed by atoms with Gasteiger partial charge in [0.15, 0.2) is 6.10 Å². The number of esters is 1. The molecule has 140 valence electrons. The van der Waals surface area contributed by atoms with Crippen molar-refractivity contribution in [1.82, 2.24) is 0 Å². The molecule has 0 fully saturated rings. The number of carbonyl (C=O) groups excluding carboxylic acids is 3. The van der Waals surface area contributed by atoms with Crippen LogP contribution in [0.4, 0.5) is 15.8 Å². The molecule has 1 aliphatic heterocycles. The van der Waals surface area contributed by atoms with E-state index in [4.69, 9.17) is 4.74 Å². The van der Waals surface area contributed by atoms with Gasteiger partial charge >= 0.3 is 5.97 Å². The lowest BCUT2D eigenvalue weighted by Gasteiger charge is -2.23. The van der Waals surface area contributed by atoms with Crippen LogP contribution < -0.4 is 10.6 Å². The van der Waals surface area contributed by atoms with Gasteiger partial charge in [-0.2, -0.15) is 0 Å². The Morgan fingerprint density at radius 1 is 1.26 bits per heavy atom. The number of nitrogens with one attached hydrogen (secondary N) is 2. The number of hydrogen-bond acceptors (Lipinski definition) is 5. The third-order valence-corrected chi connectivity index (χ3v) is 5.10. The molecule has 8 heteroatoms. The van der Waals surface area contributed by atoms with E-state index in [0.29, 0.717) is 5.69 Å². The smallest absolute Gasteiger partial charge is 0.308 e. The number of benzene rings is 2. The zero-order chi connectivity index (χ0) is 19.4. The molecule has 2 atom stereocenters. The molecule has 0 saturated carbocycles. The van der Waals surface area contributed by atoms with Crippen LogP contribution in [0.3, 0.4) is 0 Å². The monoisotopic (exact) mass is 388 g/mol. The molecule has 1 heterocycles. The maximum atomic E-state index is 13.2. The average Bonchev–Trinajstić information content (AvgIpc) is 2.62. The number of anilines is 2.